The van der Waals surface area contributed by atoms with Crippen molar-refractivity contribution in [3.63, 3.8) is 0 Å². The third-order valence-electron chi connectivity index (χ3n) is 4.18. The molecule has 0 saturated carbocycles. The summed E-state index contributed by atoms with van der Waals surface area (Å²) in [5.74, 6) is -0.835. The predicted molar refractivity (Wildman–Crippen MR) is 104 cm³/mol. The molecule has 3 N–H and O–H groups in total. The Labute approximate surface area is 155 Å². The lowest BCUT2D eigenvalue weighted by molar-refractivity contribution is -0.137. The Bertz CT molecular complexity index is 510. The average molecular weight is 369 g/mol. The molecule has 4 nitrogen and oxygen atoms in total. The Morgan fingerprint density at radius 3 is 2.52 bits per heavy atom. The second-order valence-corrected chi connectivity index (χ2v) is 7.67. The van der Waals surface area contributed by atoms with E-state index in [9.17, 15) is 15.0 Å². The standard InChI is InChI=1S/C20H32O4S/c1-2-3-4-5-6-7-10-18(22)19-15-14-17(25-19)13-12-16(21)9-8-11-20(23)24/h12-16,18,21-22H,2-11H2,1H3,(H,23,24)/b13-12-. The van der Waals surface area contributed by atoms with Crippen molar-refractivity contribution in [2.24, 2.45) is 0 Å². The lowest BCUT2D eigenvalue weighted by Crippen LogP contribution is -2.03. The number of carbonyl (C=O) groups is 1. The zero-order valence-electron chi connectivity index (χ0n) is 15.2. The molecule has 1 aromatic rings. The van der Waals surface area contributed by atoms with Crippen molar-refractivity contribution in [3.05, 3.63) is 28.0 Å². The molecular weight excluding hydrogens is 336 g/mol. The van der Waals surface area contributed by atoms with Gasteiger partial charge >= 0.3 is 5.97 Å². The van der Waals surface area contributed by atoms with Gasteiger partial charge < -0.3 is 15.3 Å². The molecule has 1 heterocycles. The quantitative estimate of drug-likeness (QED) is 0.396. The van der Waals surface area contributed by atoms with Crippen LogP contribution in [-0.2, 0) is 4.79 Å². The summed E-state index contributed by atoms with van der Waals surface area (Å²) in [6.45, 7) is 2.21. The molecule has 0 aromatic carbocycles. The number of thiophene rings is 1. The normalized spacial score (nSPS) is 14.0. The molecule has 0 fully saturated rings. The van der Waals surface area contributed by atoms with Crippen molar-refractivity contribution in [2.45, 2.75) is 83.3 Å². The number of hydrogen-bond donors (Lipinski definition) is 3. The van der Waals surface area contributed by atoms with E-state index < -0.39 is 18.2 Å². The lowest BCUT2D eigenvalue weighted by Gasteiger charge is -2.08. The fourth-order valence-electron chi connectivity index (χ4n) is 2.66. The Morgan fingerprint density at radius 1 is 1.08 bits per heavy atom. The van der Waals surface area contributed by atoms with Crippen LogP contribution in [0, 0.1) is 0 Å². The average Bonchev–Trinajstić information content (AvgIpc) is 3.05. The molecule has 142 valence electrons. The summed E-state index contributed by atoms with van der Waals surface area (Å²) < 4.78 is 0. The summed E-state index contributed by atoms with van der Waals surface area (Å²) in [5, 5.41) is 28.7. The fraction of sp³-hybridized carbons (Fsp3) is 0.650. The van der Waals surface area contributed by atoms with E-state index >= 15 is 0 Å². The van der Waals surface area contributed by atoms with Gasteiger partial charge in [-0.1, -0.05) is 51.5 Å². The summed E-state index contributed by atoms with van der Waals surface area (Å²) in [6, 6.07) is 3.90. The Hall–Kier alpha value is -1.17. The molecule has 2 atom stereocenters. The molecule has 2 unspecified atom stereocenters. The molecule has 0 aliphatic heterocycles. The first-order chi connectivity index (χ1) is 12.0. The van der Waals surface area contributed by atoms with Gasteiger partial charge in [0.1, 0.15) is 0 Å². The molecule has 5 heteroatoms. The van der Waals surface area contributed by atoms with Crippen LogP contribution < -0.4 is 0 Å². The minimum atomic E-state index is -0.835. The van der Waals surface area contributed by atoms with Gasteiger partial charge in [-0.15, -0.1) is 11.3 Å². The van der Waals surface area contributed by atoms with Crippen molar-refractivity contribution in [3.8, 4) is 0 Å². The molecule has 0 radical (unpaired) electrons. The first kappa shape index (κ1) is 21.9. The molecule has 1 rings (SSSR count). The number of carboxylic acids is 1. The molecule has 1 aromatic heterocycles. The molecule has 0 aliphatic carbocycles. The van der Waals surface area contributed by atoms with Gasteiger partial charge in [0.2, 0.25) is 0 Å². The lowest BCUT2D eigenvalue weighted by atomic mass is 10.1. The first-order valence-corrected chi connectivity index (χ1v) is 10.2. The van der Waals surface area contributed by atoms with E-state index in [1.54, 1.807) is 17.4 Å². The highest BCUT2D eigenvalue weighted by atomic mass is 32.1. The largest absolute Gasteiger partial charge is 0.481 e. The summed E-state index contributed by atoms with van der Waals surface area (Å²) in [6.07, 6.45) is 11.6. The van der Waals surface area contributed by atoms with Crippen molar-refractivity contribution < 1.29 is 20.1 Å². The van der Waals surface area contributed by atoms with Crippen molar-refractivity contribution in [1.82, 2.24) is 0 Å². The Kier molecular flexibility index (Phi) is 11.5. The third kappa shape index (κ3) is 10.4. The number of carboxylic acid groups (broad SMARTS) is 1. The van der Waals surface area contributed by atoms with Crippen LogP contribution in [0.3, 0.4) is 0 Å². The predicted octanol–water partition coefficient (Wildman–Crippen LogP) is 5.16. The Balaban J connectivity index is 2.29. The highest BCUT2D eigenvalue weighted by Crippen LogP contribution is 2.28. The van der Waals surface area contributed by atoms with Crippen LogP contribution >= 0.6 is 11.3 Å². The van der Waals surface area contributed by atoms with Gasteiger partial charge in [-0.2, -0.15) is 0 Å². The van der Waals surface area contributed by atoms with E-state index in [0.717, 1.165) is 22.6 Å². The first-order valence-electron chi connectivity index (χ1n) is 9.38. The summed E-state index contributed by atoms with van der Waals surface area (Å²) in [7, 11) is 0. The van der Waals surface area contributed by atoms with Gasteiger partial charge in [-0.25, -0.2) is 0 Å². The maximum atomic E-state index is 10.4. The number of rotatable bonds is 14. The minimum Gasteiger partial charge on any atom is -0.481 e. The van der Waals surface area contributed by atoms with Crippen LogP contribution in [0.5, 0.6) is 0 Å². The van der Waals surface area contributed by atoms with Gasteiger partial charge in [0.25, 0.3) is 0 Å². The molecule has 0 aliphatic rings. The van der Waals surface area contributed by atoms with Crippen LogP contribution in [0.1, 0.15) is 87.0 Å². The maximum absolute atomic E-state index is 10.4. The van der Waals surface area contributed by atoms with Crippen molar-refractivity contribution >= 4 is 23.4 Å². The molecule has 0 spiro atoms. The molecule has 0 saturated heterocycles. The monoisotopic (exact) mass is 368 g/mol. The van der Waals surface area contributed by atoms with Gasteiger partial charge in [0.05, 0.1) is 12.2 Å². The molecular formula is C20H32O4S. The van der Waals surface area contributed by atoms with Gasteiger partial charge in [0.15, 0.2) is 0 Å². The van der Waals surface area contributed by atoms with Crippen LogP contribution in [0.4, 0.5) is 0 Å². The SMILES string of the molecule is CCCCCCCCC(O)c1ccc(/C=C\C(O)CCCC(=O)O)s1. The Morgan fingerprint density at radius 2 is 1.80 bits per heavy atom. The van der Waals surface area contributed by atoms with Crippen LogP contribution in [0.2, 0.25) is 0 Å². The van der Waals surface area contributed by atoms with E-state index in [0.29, 0.717) is 12.8 Å². The molecule has 25 heavy (non-hydrogen) atoms. The van der Waals surface area contributed by atoms with Crippen LogP contribution in [-0.4, -0.2) is 27.4 Å². The van der Waals surface area contributed by atoms with E-state index in [4.69, 9.17) is 5.11 Å². The van der Waals surface area contributed by atoms with E-state index in [1.165, 1.54) is 32.1 Å². The van der Waals surface area contributed by atoms with Crippen LogP contribution in [0.25, 0.3) is 6.08 Å². The van der Waals surface area contributed by atoms with E-state index in [-0.39, 0.29) is 6.42 Å². The van der Waals surface area contributed by atoms with Crippen molar-refractivity contribution in [2.75, 3.05) is 0 Å². The highest BCUT2D eigenvalue weighted by molar-refractivity contribution is 7.12. The van der Waals surface area contributed by atoms with Gasteiger partial charge in [-0.3, -0.25) is 4.79 Å². The third-order valence-corrected chi connectivity index (χ3v) is 5.33. The van der Waals surface area contributed by atoms with E-state index in [2.05, 4.69) is 6.92 Å². The summed E-state index contributed by atoms with van der Waals surface area (Å²) in [4.78, 5) is 12.4. The summed E-state index contributed by atoms with van der Waals surface area (Å²) >= 11 is 1.54. The number of aliphatic hydroxyl groups excluding tert-OH is 2. The second-order valence-electron chi connectivity index (χ2n) is 6.52. The van der Waals surface area contributed by atoms with Gasteiger partial charge in [-0.05, 0) is 37.5 Å². The number of hydrogen-bond acceptors (Lipinski definition) is 4. The molecule has 0 amide bonds. The molecule has 0 bridgehead atoms. The maximum Gasteiger partial charge on any atom is 0.303 e. The van der Waals surface area contributed by atoms with Crippen LogP contribution in [0.15, 0.2) is 18.2 Å². The second kappa shape index (κ2) is 13.1. The van der Waals surface area contributed by atoms with E-state index in [1.807, 2.05) is 18.2 Å². The zero-order valence-corrected chi connectivity index (χ0v) is 16.0. The fourth-order valence-corrected chi connectivity index (χ4v) is 3.61. The summed E-state index contributed by atoms with van der Waals surface area (Å²) in [5.41, 5.74) is 0. The number of aliphatic hydroxyl groups is 2. The van der Waals surface area contributed by atoms with Crippen molar-refractivity contribution in [1.29, 1.82) is 0 Å². The van der Waals surface area contributed by atoms with Gasteiger partial charge in [0, 0.05) is 16.2 Å². The topological polar surface area (TPSA) is 77.8 Å². The number of unbranched alkanes of at least 4 members (excludes halogenated alkanes) is 5. The minimum absolute atomic E-state index is 0.0820. The highest BCUT2D eigenvalue weighted by Gasteiger charge is 2.10. The zero-order chi connectivity index (χ0) is 18.5. The number of aliphatic carboxylic acids is 1. The smallest absolute Gasteiger partial charge is 0.303 e.